The van der Waals surface area contributed by atoms with E-state index >= 15 is 0 Å². The molecule has 1 N–H and O–H groups in total. The van der Waals surface area contributed by atoms with E-state index in [9.17, 15) is 0 Å². The van der Waals surface area contributed by atoms with Crippen molar-refractivity contribution in [2.75, 3.05) is 7.11 Å². The predicted molar refractivity (Wildman–Crippen MR) is 60.3 cm³/mol. The molecule has 82 valence electrons. The van der Waals surface area contributed by atoms with Crippen molar-refractivity contribution in [3.05, 3.63) is 30.1 Å². The number of H-pyrrole nitrogens is 1. The molecule has 0 amide bonds. The number of rotatable bonds is 3. The van der Waals surface area contributed by atoms with Gasteiger partial charge in [-0.1, -0.05) is 12.1 Å². The Hall–Kier alpha value is -1.84. The van der Waals surface area contributed by atoms with Crippen LogP contribution in [0.25, 0.3) is 11.4 Å². The lowest BCUT2D eigenvalue weighted by Gasteiger charge is -2.03. The SMILES string of the molecule is COc1ccccc1-c1n[nH]c(C2CC2)n1. The minimum atomic E-state index is 0.593. The molecule has 0 saturated heterocycles. The molecule has 0 aliphatic heterocycles. The number of aromatic nitrogens is 3. The maximum atomic E-state index is 5.29. The van der Waals surface area contributed by atoms with Crippen LogP contribution in [0.4, 0.5) is 0 Å². The lowest BCUT2D eigenvalue weighted by Crippen LogP contribution is -1.88. The maximum absolute atomic E-state index is 5.29. The van der Waals surface area contributed by atoms with Crippen LogP contribution in [-0.2, 0) is 0 Å². The summed E-state index contributed by atoms with van der Waals surface area (Å²) in [5, 5.41) is 7.24. The van der Waals surface area contributed by atoms with E-state index in [4.69, 9.17) is 4.74 Å². The fraction of sp³-hybridized carbons (Fsp3) is 0.333. The average Bonchev–Trinajstić information content (AvgIpc) is 3.07. The first-order valence-electron chi connectivity index (χ1n) is 5.44. The van der Waals surface area contributed by atoms with Gasteiger partial charge in [-0.15, -0.1) is 0 Å². The van der Waals surface area contributed by atoms with Crippen molar-refractivity contribution < 1.29 is 4.74 Å². The molecule has 4 nitrogen and oxygen atoms in total. The maximum Gasteiger partial charge on any atom is 0.184 e. The van der Waals surface area contributed by atoms with Gasteiger partial charge in [0.15, 0.2) is 5.82 Å². The van der Waals surface area contributed by atoms with E-state index in [0.717, 1.165) is 23.0 Å². The Kier molecular flexibility index (Phi) is 2.13. The minimum Gasteiger partial charge on any atom is -0.496 e. The first-order valence-corrected chi connectivity index (χ1v) is 5.44. The van der Waals surface area contributed by atoms with Crippen LogP contribution in [0.5, 0.6) is 5.75 Å². The van der Waals surface area contributed by atoms with Gasteiger partial charge in [-0.25, -0.2) is 4.98 Å². The summed E-state index contributed by atoms with van der Waals surface area (Å²) in [6, 6.07) is 7.79. The lowest BCUT2D eigenvalue weighted by molar-refractivity contribution is 0.416. The Labute approximate surface area is 93.7 Å². The van der Waals surface area contributed by atoms with E-state index < -0.39 is 0 Å². The van der Waals surface area contributed by atoms with Crippen LogP contribution in [0, 0.1) is 0 Å². The fourth-order valence-electron chi connectivity index (χ4n) is 1.76. The summed E-state index contributed by atoms with van der Waals surface area (Å²) in [4.78, 5) is 4.50. The van der Waals surface area contributed by atoms with Crippen molar-refractivity contribution in [1.82, 2.24) is 15.2 Å². The van der Waals surface area contributed by atoms with Crippen LogP contribution in [0.3, 0.4) is 0 Å². The molecule has 0 spiro atoms. The van der Waals surface area contributed by atoms with E-state index in [1.54, 1.807) is 7.11 Å². The highest BCUT2D eigenvalue weighted by atomic mass is 16.5. The van der Waals surface area contributed by atoms with E-state index in [-0.39, 0.29) is 0 Å². The average molecular weight is 215 g/mol. The number of hydrogen-bond acceptors (Lipinski definition) is 3. The van der Waals surface area contributed by atoms with E-state index in [2.05, 4.69) is 15.2 Å². The van der Waals surface area contributed by atoms with Gasteiger partial charge >= 0.3 is 0 Å². The van der Waals surface area contributed by atoms with Crippen molar-refractivity contribution >= 4 is 0 Å². The van der Waals surface area contributed by atoms with Crippen molar-refractivity contribution in [2.45, 2.75) is 18.8 Å². The Bertz CT molecular complexity index is 502. The van der Waals surface area contributed by atoms with Crippen LogP contribution in [-0.4, -0.2) is 22.3 Å². The number of nitrogens with one attached hydrogen (secondary N) is 1. The third-order valence-corrected chi connectivity index (χ3v) is 2.81. The third-order valence-electron chi connectivity index (χ3n) is 2.81. The van der Waals surface area contributed by atoms with Gasteiger partial charge in [0.05, 0.1) is 12.7 Å². The first kappa shape index (κ1) is 9.39. The van der Waals surface area contributed by atoms with Crippen molar-refractivity contribution in [3.8, 4) is 17.1 Å². The fourth-order valence-corrected chi connectivity index (χ4v) is 1.76. The van der Waals surface area contributed by atoms with Gasteiger partial charge in [0.1, 0.15) is 11.6 Å². The molecule has 0 radical (unpaired) electrons. The van der Waals surface area contributed by atoms with Gasteiger partial charge in [0, 0.05) is 5.92 Å². The number of benzene rings is 1. The second kappa shape index (κ2) is 3.63. The highest BCUT2D eigenvalue weighted by Gasteiger charge is 2.27. The molecule has 4 heteroatoms. The standard InChI is InChI=1S/C12H13N3O/c1-16-10-5-3-2-4-9(10)12-13-11(14-15-12)8-6-7-8/h2-5,8H,6-7H2,1H3,(H,13,14,15). The highest BCUT2D eigenvalue weighted by Crippen LogP contribution is 2.38. The summed E-state index contributed by atoms with van der Waals surface area (Å²) in [5.74, 6) is 3.13. The summed E-state index contributed by atoms with van der Waals surface area (Å²) in [6.45, 7) is 0. The smallest absolute Gasteiger partial charge is 0.184 e. The Morgan fingerprint density at radius 1 is 1.31 bits per heavy atom. The molecular formula is C12H13N3O. The van der Waals surface area contributed by atoms with Crippen molar-refractivity contribution in [3.63, 3.8) is 0 Å². The molecule has 1 aromatic heterocycles. The minimum absolute atomic E-state index is 0.593. The van der Waals surface area contributed by atoms with Crippen LogP contribution in [0.2, 0.25) is 0 Å². The largest absolute Gasteiger partial charge is 0.496 e. The Morgan fingerprint density at radius 3 is 2.88 bits per heavy atom. The number of ether oxygens (including phenoxy) is 1. The molecule has 3 rings (SSSR count). The molecule has 1 aliphatic carbocycles. The summed E-state index contributed by atoms with van der Waals surface area (Å²) < 4.78 is 5.29. The molecule has 16 heavy (non-hydrogen) atoms. The first-order chi connectivity index (χ1) is 7.88. The molecule has 0 atom stereocenters. The van der Waals surface area contributed by atoms with Gasteiger partial charge in [-0.05, 0) is 25.0 Å². The zero-order chi connectivity index (χ0) is 11.0. The van der Waals surface area contributed by atoms with Crippen molar-refractivity contribution in [2.24, 2.45) is 0 Å². The quantitative estimate of drug-likeness (QED) is 0.855. The topological polar surface area (TPSA) is 50.8 Å². The third kappa shape index (κ3) is 1.56. The Morgan fingerprint density at radius 2 is 2.12 bits per heavy atom. The monoisotopic (exact) mass is 215 g/mol. The summed E-state index contributed by atoms with van der Waals surface area (Å²) in [5.41, 5.74) is 0.938. The molecule has 0 unspecified atom stereocenters. The summed E-state index contributed by atoms with van der Waals surface area (Å²) in [6.07, 6.45) is 2.45. The van der Waals surface area contributed by atoms with E-state index in [0.29, 0.717) is 5.92 Å². The molecular weight excluding hydrogens is 202 g/mol. The predicted octanol–water partition coefficient (Wildman–Crippen LogP) is 2.36. The number of hydrogen-bond donors (Lipinski definition) is 1. The second-order valence-electron chi connectivity index (χ2n) is 4.02. The number of methoxy groups -OCH3 is 1. The molecule has 1 aromatic carbocycles. The second-order valence-corrected chi connectivity index (χ2v) is 4.02. The molecule has 1 fully saturated rings. The van der Waals surface area contributed by atoms with Crippen molar-refractivity contribution in [1.29, 1.82) is 0 Å². The van der Waals surface area contributed by atoms with Crippen LogP contribution >= 0.6 is 0 Å². The number of aromatic amines is 1. The van der Waals surface area contributed by atoms with Gasteiger partial charge in [0.2, 0.25) is 0 Å². The normalized spacial score (nSPS) is 15.1. The number of nitrogens with zero attached hydrogens (tertiary/aromatic N) is 2. The summed E-state index contributed by atoms with van der Waals surface area (Å²) in [7, 11) is 1.66. The van der Waals surface area contributed by atoms with E-state index in [1.165, 1.54) is 12.8 Å². The van der Waals surface area contributed by atoms with Crippen LogP contribution in [0.15, 0.2) is 24.3 Å². The highest BCUT2D eigenvalue weighted by molar-refractivity contribution is 5.63. The Balaban J connectivity index is 2.00. The van der Waals surface area contributed by atoms with Gasteiger partial charge < -0.3 is 4.74 Å². The van der Waals surface area contributed by atoms with Gasteiger partial charge in [-0.2, -0.15) is 5.10 Å². The van der Waals surface area contributed by atoms with Gasteiger partial charge in [-0.3, -0.25) is 5.10 Å². The molecule has 0 bridgehead atoms. The lowest BCUT2D eigenvalue weighted by atomic mass is 10.2. The molecule has 1 heterocycles. The number of para-hydroxylation sites is 1. The molecule has 1 saturated carbocycles. The van der Waals surface area contributed by atoms with Crippen LogP contribution < -0.4 is 4.74 Å². The van der Waals surface area contributed by atoms with Gasteiger partial charge in [0.25, 0.3) is 0 Å². The van der Waals surface area contributed by atoms with Crippen LogP contribution in [0.1, 0.15) is 24.6 Å². The molecule has 1 aliphatic rings. The zero-order valence-electron chi connectivity index (χ0n) is 9.10. The summed E-state index contributed by atoms with van der Waals surface area (Å²) >= 11 is 0. The molecule has 2 aromatic rings. The zero-order valence-corrected chi connectivity index (χ0v) is 9.10. The van der Waals surface area contributed by atoms with E-state index in [1.807, 2.05) is 24.3 Å².